The molecule has 0 radical (unpaired) electrons. The molecule has 0 bridgehead atoms. The van der Waals surface area contributed by atoms with E-state index in [1.165, 1.54) is 18.7 Å². The fourth-order valence-electron chi connectivity index (χ4n) is 3.86. The van der Waals surface area contributed by atoms with Gasteiger partial charge in [0.15, 0.2) is 0 Å². The first kappa shape index (κ1) is 21.9. The smallest absolute Gasteiger partial charge is 0.259 e. The van der Waals surface area contributed by atoms with Crippen molar-refractivity contribution in [3.63, 3.8) is 0 Å². The van der Waals surface area contributed by atoms with Crippen LogP contribution >= 0.6 is 0 Å². The van der Waals surface area contributed by atoms with E-state index < -0.39 is 0 Å². The first-order valence-electron chi connectivity index (χ1n) is 10.3. The lowest BCUT2D eigenvalue weighted by molar-refractivity contribution is 0.0720. The van der Waals surface area contributed by atoms with Gasteiger partial charge in [0.25, 0.3) is 11.5 Å². The van der Waals surface area contributed by atoms with Crippen molar-refractivity contribution < 1.29 is 13.9 Å². The summed E-state index contributed by atoms with van der Waals surface area (Å²) < 4.78 is 12.7. The number of methoxy groups -OCH3 is 1. The zero-order chi connectivity index (χ0) is 21.8. The molecule has 2 aromatic heterocycles. The average molecular weight is 414 g/mol. The maximum atomic E-state index is 13.5. The van der Waals surface area contributed by atoms with Crippen LogP contribution in [0.3, 0.4) is 0 Å². The van der Waals surface area contributed by atoms with Crippen LogP contribution < -0.4 is 10.3 Å². The van der Waals surface area contributed by atoms with Crippen LogP contribution in [0.2, 0.25) is 0 Å². The minimum absolute atomic E-state index is 0.134. The highest BCUT2D eigenvalue weighted by atomic mass is 16.5. The summed E-state index contributed by atoms with van der Waals surface area (Å²) in [6, 6.07) is 4.84. The largest absolute Gasteiger partial charge is 0.496 e. The molecule has 0 saturated carbocycles. The number of carbonyl (C=O) groups excluding carboxylic acids is 1. The second-order valence-electron chi connectivity index (χ2n) is 7.79. The van der Waals surface area contributed by atoms with E-state index in [0.717, 1.165) is 25.3 Å². The molecular formula is C23H31N3O4. The highest BCUT2D eigenvalue weighted by Gasteiger charge is 2.29. The Hall–Kier alpha value is -2.80. The molecular weight excluding hydrogens is 382 g/mol. The van der Waals surface area contributed by atoms with Gasteiger partial charge >= 0.3 is 0 Å². The van der Waals surface area contributed by atoms with E-state index in [1.54, 1.807) is 28.8 Å². The number of carbonyl (C=O) groups is 1. The van der Waals surface area contributed by atoms with E-state index in [4.69, 9.17) is 9.15 Å². The highest BCUT2D eigenvalue weighted by Crippen LogP contribution is 2.28. The van der Waals surface area contributed by atoms with Gasteiger partial charge < -0.3 is 18.6 Å². The third-order valence-electron chi connectivity index (χ3n) is 5.94. The summed E-state index contributed by atoms with van der Waals surface area (Å²) in [6.45, 7) is 8.99. The Balaban J connectivity index is 1.98. The van der Waals surface area contributed by atoms with Crippen LogP contribution in [0.1, 0.15) is 48.6 Å². The number of aromatic nitrogens is 1. The molecule has 1 amide bonds. The van der Waals surface area contributed by atoms with Crippen LogP contribution in [-0.2, 0) is 13.0 Å². The van der Waals surface area contributed by atoms with Crippen molar-refractivity contribution in [3.8, 4) is 5.75 Å². The van der Waals surface area contributed by atoms with Crippen molar-refractivity contribution in [1.29, 1.82) is 0 Å². The third kappa shape index (κ3) is 4.36. The number of rotatable bonds is 6. The van der Waals surface area contributed by atoms with Gasteiger partial charge in [0.1, 0.15) is 17.1 Å². The number of amides is 1. The summed E-state index contributed by atoms with van der Waals surface area (Å²) in [7, 11) is 3.24. The van der Waals surface area contributed by atoms with Gasteiger partial charge in [0, 0.05) is 51.4 Å². The maximum Gasteiger partial charge on any atom is 0.259 e. The average Bonchev–Trinajstić information content (AvgIpc) is 3.21. The molecule has 7 nitrogen and oxygen atoms in total. The molecule has 1 atom stereocenters. The summed E-state index contributed by atoms with van der Waals surface area (Å²) >= 11 is 0. The van der Waals surface area contributed by atoms with Gasteiger partial charge in [-0.05, 0) is 32.9 Å². The fraction of sp³-hybridized carbons (Fsp3) is 0.478. The summed E-state index contributed by atoms with van der Waals surface area (Å²) in [5, 5.41) is 0. The molecule has 3 heterocycles. The van der Waals surface area contributed by atoms with Crippen molar-refractivity contribution in [2.45, 2.75) is 39.8 Å². The summed E-state index contributed by atoms with van der Waals surface area (Å²) in [4.78, 5) is 30.2. The molecule has 0 N–H and O–H groups in total. The molecule has 0 saturated heterocycles. The van der Waals surface area contributed by atoms with Crippen molar-refractivity contribution in [3.05, 3.63) is 63.5 Å². The zero-order valence-electron chi connectivity index (χ0n) is 18.5. The molecule has 1 aliphatic rings. The molecule has 0 aromatic carbocycles. The third-order valence-corrected chi connectivity index (χ3v) is 5.94. The Labute approximate surface area is 177 Å². The normalized spacial score (nSPS) is 16.0. The summed E-state index contributed by atoms with van der Waals surface area (Å²) in [5.41, 5.74) is 2.35. The Morgan fingerprint density at radius 3 is 2.77 bits per heavy atom. The second kappa shape index (κ2) is 9.34. The minimum atomic E-state index is -0.246. The number of pyridine rings is 1. The van der Waals surface area contributed by atoms with Gasteiger partial charge in [0.2, 0.25) is 0 Å². The van der Waals surface area contributed by atoms with Crippen LogP contribution in [-0.4, -0.2) is 54.1 Å². The van der Waals surface area contributed by atoms with Crippen LogP contribution in [0.25, 0.3) is 0 Å². The van der Waals surface area contributed by atoms with Crippen molar-refractivity contribution in [2.75, 3.05) is 33.8 Å². The SMILES string of the molecule is C/C=C(\C)CN1CCc2c(C(=O)N(C)C(C)c3ccco3)c(OC)cc(=O)n2CC1. The molecule has 2 aromatic rings. The molecule has 0 spiro atoms. The Bertz CT molecular complexity index is 975. The van der Waals surface area contributed by atoms with Crippen molar-refractivity contribution >= 4 is 5.91 Å². The van der Waals surface area contributed by atoms with Crippen LogP contribution in [0.4, 0.5) is 0 Å². The topological polar surface area (TPSA) is 67.9 Å². The molecule has 1 unspecified atom stereocenters. The lowest BCUT2D eigenvalue weighted by atomic mass is 10.1. The number of ether oxygens (including phenoxy) is 1. The predicted molar refractivity (Wildman–Crippen MR) is 116 cm³/mol. The molecule has 7 heteroatoms. The Morgan fingerprint density at radius 1 is 1.37 bits per heavy atom. The number of hydrogen-bond donors (Lipinski definition) is 0. The number of hydrogen-bond acceptors (Lipinski definition) is 5. The zero-order valence-corrected chi connectivity index (χ0v) is 18.5. The summed E-state index contributed by atoms with van der Waals surface area (Å²) in [5.74, 6) is 0.849. The minimum Gasteiger partial charge on any atom is -0.496 e. The fourth-order valence-corrected chi connectivity index (χ4v) is 3.86. The molecule has 162 valence electrons. The lowest BCUT2D eigenvalue weighted by Crippen LogP contribution is -2.34. The number of furan rings is 1. The Morgan fingerprint density at radius 2 is 2.13 bits per heavy atom. The van der Waals surface area contributed by atoms with E-state index in [0.29, 0.717) is 30.0 Å². The molecule has 1 aliphatic heterocycles. The molecule has 0 fully saturated rings. The maximum absolute atomic E-state index is 13.5. The standard InChI is InChI=1S/C23H31N3O4/c1-6-16(2)15-25-10-9-18-22(20(29-5)14-21(27)26(18)12-11-25)23(28)24(4)17(3)19-8-7-13-30-19/h6-8,13-14,17H,9-12,15H2,1-5H3/b16-6+. The number of allylic oxidation sites excluding steroid dienone is 1. The van der Waals surface area contributed by atoms with Crippen molar-refractivity contribution in [1.82, 2.24) is 14.4 Å². The molecule has 30 heavy (non-hydrogen) atoms. The first-order chi connectivity index (χ1) is 14.4. The van der Waals surface area contributed by atoms with Crippen LogP contribution in [0, 0.1) is 0 Å². The van der Waals surface area contributed by atoms with E-state index in [2.05, 4.69) is 17.9 Å². The monoisotopic (exact) mass is 413 g/mol. The van der Waals surface area contributed by atoms with Gasteiger partial charge in [-0.3, -0.25) is 14.5 Å². The van der Waals surface area contributed by atoms with Gasteiger partial charge in [-0.15, -0.1) is 0 Å². The van der Waals surface area contributed by atoms with Crippen molar-refractivity contribution in [2.24, 2.45) is 0 Å². The van der Waals surface area contributed by atoms with E-state index in [9.17, 15) is 9.59 Å². The van der Waals surface area contributed by atoms with Gasteiger partial charge in [0.05, 0.1) is 19.4 Å². The van der Waals surface area contributed by atoms with Gasteiger partial charge in [-0.2, -0.15) is 0 Å². The van der Waals surface area contributed by atoms with Crippen LogP contribution in [0.15, 0.2) is 45.3 Å². The number of nitrogens with zero attached hydrogens (tertiary/aromatic N) is 3. The Kier molecular flexibility index (Phi) is 6.82. The van der Waals surface area contributed by atoms with E-state index >= 15 is 0 Å². The summed E-state index contributed by atoms with van der Waals surface area (Å²) in [6.07, 6.45) is 4.31. The van der Waals surface area contributed by atoms with Gasteiger partial charge in [-0.1, -0.05) is 11.6 Å². The first-order valence-corrected chi connectivity index (χ1v) is 10.3. The second-order valence-corrected chi connectivity index (χ2v) is 7.79. The molecule has 0 aliphatic carbocycles. The van der Waals surface area contributed by atoms with Crippen LogP contribution in [0.5, 0.6) is 5.75 Å². The predicted octanol–water partition coefficient (Wildman–Crippen LogP) is 3.11. The lowest BCUT2D eigenvalue weighted by Gasteiger charge is -2.26. The van der Waals surface area contributed by atoms with E-state index in [-0.39, 0.29) is 17.5 Å². The van der Waals surface area contributed by atoms with E-state index in [1.807, 2.05) is 19.9 Å². The number of fused-ring (bicyclic) bond motifs is 1. The quantitative estimate of drug-likeness (QED) is 0.681. The highest BCUT2D eigenvalue weighted by molar-refractivity contribution is 5.98. The van der Waals surface area contributed by atoms with Gasteiger partial charge in [-0.25, -0.2) is 0 Å². The molecule has 3 rings (SSSR count).